The molecule has 4 amide bonds. The SMILES string of the molecule is C[C@H]1CCC[C@H](NC(=O)CCCN2C(=O)NC(C)(C)C2=O)C1. The van der Waals surface area contributed by atoms with Gasteiger partial charge in [0.25, 0.3) is 5.91 Å². The molecule has 1 saturated heterocycles. The number of rotatable bonds is 5. The Balaban J connectivity index is 1.71. The predicted molar refractivity (Wildman–Crippen MR) is 83.1 cm³/mol. The van der Waals surface area contributed by atoms with Crippen LogP contribution in [-0.2, 0) is 9.59 Å². The van der Waals surface area contributed by atoms with Crippen molar-refractivity contribution in [3.8, 4) is 0 Å². The van der Waals surface area contributed by atoms with Gasteiger partial charge in [0.1, 0.15) is 5.54 Å². The molecule has 2 atom stereocenters. The largest absolute Gasteiger partial charge is 0.353 e. The third kappa shape index (κ3) is 3.99. The number of hydrogen-bond acceptors (Lipinski definition) is 3. The van der Waals surface area contributed by atoms with Gasteiger partial charge in [-0.05, 0) is 39.0 Å². The summed E-state index contributed by atoms with van der Waals surface area (Å²) in [5, 5.41) is 5.71. The lowest BCUT2D eigenvalue weighted by Gasteiger charge is -2.27. The summed E-state index contributed by atoms with van der Waals surface area (Å²) in [4.78, 5) is 36.9. The molecule has 0 radical (unpaired) electrons. The van der Waals surface area contributed by atoms with E-state index in [1.54, 1.807) is 13.8 Å². The second-order valence-corrected chi connectivity index (χ2v) is 7.15. The molecule has 0 aromatic rings. The minimum Gasteiger partial charge on any atom is -0.353 e. The smallest absolute Gasteiger partial charge is 0.325 e. The summed E-state index contributed by atoms with van der Waals surface area (Å²) in [6.45, 7) is 5.88. The molecule has 0 unspecified atom stereocenters. The van der Waals surface area contributed by atoms with E-state index < -0.39 is 5.54 Å². The first-order chi connectivity index (χ1) is 10.3. The normalized spacial score (nSPS) is 27.7. The Labute approximate surface area is 132 Å². The monoisotopic (exact) mass is 309 g/mol. The molecular weight excluding hydrogens is 282 g/mol. The van der Waals surface area contributed by atoms with Gasteiger partial charge in [-0.3, -0.25) is 14.5 Å². The molecule has 1 heterocycles. The number of urea groups is 1. The van der Waals surface area contributed by atoms with Crippen molar-refractivity contribution in [1.82, 2.24) is 15.5 Å². The van der Waals surface area contributed by atoms with Crippen molar-refractivity contribution in [2.24, 2.45) is 5.92 Å². The van der Waals surface area contributed by atoms with Crippen molar-refractivity contribution in [3.63, 3.8) is 0 Å². The van der Waals surface area contributed by atoms with E-state index in [-0.39, 0.29) is 23.9 Å². The van der Waals surface area contributed by atoms with Crippen LogP contribution in [0.1, 0.15) is 59.3 Å². The zero-order chi connectivity index (χ0) is 16.3. The van der Waals surface area contributed by atoms with Crippen LogP contribution in [0.3, 0.4) is 0 Å². The van der Waals surface area contributed by atoms with Crippen molar-refractivity contribution in [2.75, 3.05) is 6.54 Å². The Morgan fingerprint density at radius 1 is 1.36 bits per heavy atom. The Kier molecular flexibility index (Phi) is 5.08. The van der Waals surface area contributed by atoms with Crippen LogP contribution in [0.5, 0.6) is 0 Å². The predicted octanol–water partition coefficient (Wildman–Crippen LogP) is 1.79. The molecule has 2 fully saturated rings. The minimum absolute atomic E-state index is 0.0189. The molecule has 22 heavy (non-hydrogen) atoms. The second kappa shape index (κ2) is 6.67. The van der Waals surface area contributed by atoms with Gasteiger partial charge in [-0.25, -0.2) is 4.79 Å². The van der Waals surface area contributed by atoms with E-state index in [1.807, 2.05) is 0 Å². The minimum atomic E-state index is -0.836. The Morgan fingerprint density at radius 2 is 2.09 bits per heavy atom. The van der Waals surface area contributed by atoms with Gasteiger partial charge in [-0.15, -0.1) is 0 Å². The summed E-state index contributed by atoms with van der Waals surface area (Å²) in [6, 6.07) is -0.0802. The molecule has 0 aromatic carbocycles. The second-order valence-electron chi connectivity index (χ2n) is 7.15. The van der Waals surface area contributed by atoms with Crippen LogP contribution in [0, 0.1) is 5.92 Å². The van der Waals surface area contributed by atoms with Crippen LogP contribution in [0.25, 0.3) is 0 Å². The van der Waals surface area contributed by atoms with Gasteiger partial charge in [0.15, 0.2) is 0 Å². The molecule has 1 aliphatic heterocycles. The summed E-state index contributed by atoms with van der Waals surface area (Å²) in [6.07, 6.45) is 5.37. The fourth-order valence-electron chi connectivity index (χ4n) is 3.28. The topological polar surface area (TPSA) is 78.5 Å². The van der Waals surface area contributed by atoms with E-state index in [4.69, 9.17) is 0 Å². The van der Waals surface area contributed by atoms with Crippen molar-refractivity contribution >= 4 is 17.8 Å². The number of imide groups is 1. The molecule has 2 rings (SSSR count). The molecule has 1 aliphatic carbocycles. The molecule has 2 aliphatic rings. The summed E-state index contributed by atoms with van der Waals surface area (Å²) in [5.41, 5.74) is -0.836. The van der Waals surface area contributed by atoms with Gasteiger partial charge in [-0.2, -0.15) is 0 Å². The number of carbonyl (C=O) groups excluding carboxylic acids is 3. The molecule has 0 aromatic heterocycles. The molecule has 0 spiro atoms. The summed E-state index contributed by atoms with van der Waals surface area (Å²) in [7, 11) is 0. The first kappa shape index (κ1) is 16.8. The van der Waals surface area contributed by atoms with Crippen LogP contribution in [0.4, 0.5) is 4.79 Å². The molecular formula is C16H27N3O3. The molecule has 2 N–H and O–H groups in total. The highest BCUT2D eigenvalue weighted by molar-refractivity contribution is 6.06. The lowest BCUT2D eigenvalue weighted by atomic mass is 9.87. The van der Waals surface area contributed by atoms with E-state index in [0.717, 1.165) is 12.8 Å². The zero-order valence-electron chi connectivity index (χ0n) is 13.8. The van der Waals surface area contributed by atoms with Crippen LogP contribution < -0.4 is 10.6 Å². The maximum atomic E-state index is 12.0. The van der Waals surface area contributed by atoms with E-state index in [2.05, 4.69) is 17.6 Å². The summed E-state index contributed by atoms with van der Waals surface area (Å²) in [5.74, 6) is 0.469. The van der Waals surface area contributed by atoms with Gasteiger partial charge in [0.2, 0.25) is 5.91 Å². The Hall–Kier alpha value is -1.59. The van der Waals surface area contributed by atoms with Gasteiger partial charge >= 0.3 is 6.03 Å². The third-order valence-electron chi connectivity index (χ3n) is 4.53. The van der Waals surface area contributed by atoms with E-state index in [0.29, 0.717) is 25.3 Å². The van der Waals surface area contributed by atoms with Crippen LogP contribution >= 0.6 is 0 Å². The number of hydrogen-bond donors (Lipinski definition) is 2. The van der Waals surface area contributed by atoms with Gasteiger partial charge < -0.3 is 10.6 Å². The average Bonchev–Trinajstić information content (AvgIpc) is 2.60. The number of amides is 4. The van der Waals surface area contributed by atoms with Crippen LogP contribution in [-0.4, -0.2) is 40.9 Å². The highest BCUT2D eigenvalue weighted by Crippen LogP contribution is 2.23. The third-order valence-corrected chi connectivity index (χ3v) is 4.53. The Morgan fingerprint density at radius 3 is 2.68 bits per heavy atom. The maximum Gasteiger partial charge on any atom is 0.325 e. The fraction of sp³-hybridized carbons (Fsp3) is 0.812. The zero-order valence-corrected chi connectivity index (χ0v) is 13.8. The molecule has 124 valence electrons. The quantitative estimate of drug-likeness (QED) is 0.760. The van der Waals surface area contributed by atoms with E-state index in [1.165, 1.54) is 17.7 Å². The van der Waals surface area contributed by atoms with Crippen LogP contribution in [0.15, 0.2) is 0 Å². The van der Waals surface area contributed by atoms with Crippen molar-refractivity contribution in [2.45, 2.75) is 70.9 Å². The number of carbonyl (C=O) groups is 3. The van der Waals surface area contributed by atoms with E-state index >= 15 is 0 Å². The standard InChI is InChI=1S/C16H27N3O3/c1-11-6-4-7-12(10-11)17-13(20)8-5-9-19-14(21)16(2,3)18-15(19)22/h11-12H,4-10H2,1-3H3,(H,17,20)(H,18,22)/t11-,12-/m0/s1. The highest BCUT2D eigenvalue weighted by atomic mass is 16.2. The summed E-state index contributed by atoms with van der Waals surface area (Å²) >= 11 is 0. The highest BCUT2D eigenvalue weighted by Gasteiger charge is 2.43. The van der Waals surface area contributed by atoms with E-state index in [9.17, 15) is 14.4 Å². The maximum absolute atomic E-state index is 12.0. The van der Waals surface area contributed by atoms with Gasteiger partial charge in [0, 0.05) is 19.0 Å². The van der Waals surface area contributed by atoms with Crippen molar-refractivity contribution in [3.05, 3.63) is 0 Å². The summed E-state index contributed by atoms with van der Waals surface area (Å²) < 4.78 is 0. The molecule has 6 heteroatoms. The Bertz CT molecular complexity index is 462. The fourth-order valence-corrected chi connectivity index (χ4v) is 3.28. The van der Waals surface area contributed by atoms with Crippen LogP contribution in [0.2, 0.25) is 0 Å². The van der Waals surface area contributed by atoms with Crippen molar-refractivity contribution in [1.29, 1.82) is 0 Å². The van der Waals surface area contributed by atoms with Gasteiger partial charge in [-0.1, -0.05) is 19.8 Å². The lowest BCUT2D eigenvalue weighted by Crippen LogP contribution is -2.40. The first-order valence-corrected chi connectivity index (χ1v) is 8.23. The molecule has 1 saturated carbocycles. The van der Waals surface area contributed by atoms with Gasteiger partial charge in [0.05, 0.1) is 0 Å². The molecule has 6 nitrogen and oxygen atoms in total. The van der Waals surface area contributed by atoms with Crippen molar-refractivity contribution < 1.29 is 14.4 Å². The average molecular weight is 309 g/mol. The lowest BCUT2D eigenvalue weighted by molar-refractivity contribution is -0.130. The number of nitrogens with zero attached hydrogens (tertiary/aromatic N) is 1. The first-order valence-electron chi connectivity index (χ1n) is 8.23. The molecule has 0 bridgehead atoms. The number of nitrogens with one attached hydrogen (secondary N) is 2.